The van der Waals surface area contributed by atoms with Crippen molar-refractivity contribution >= 4 is 12.1 Å². The van der Waals surface area contributed by atoms with E-state index in [2.05, 4.69) is 4.74 Å². The number of amides is 1. The van der Waals surface area contributed by atoms with Crippen LogP contribution in [0.4, 0.5) is 4.79 Å². The molecule has 1 N–H and O–H groups in total. The van der Waals surface area contributed by atoms with Crippen LogP contribution in [0, 0.1) is 5.92 Å². The molecular weight excluding hydrogens is 198 g/mol. The van der Waals surface area contributed by atoms with Gasteiger partial charge in [-0.15, -0.1) is 0 Å². The van der Waals surface area contributed by atoms with Gasteiger partial charge in [0.1, 0.15) is 0 Å². The summed E-state index contributed by atoms with van der Waals surface area (Å²) in [5.41, 5.74) is 0. The predicted octanol–water partition coefficient (Wildman–Crippen LogP) is 1.33. The van der Waals surface area contributed by atoms with E-state index in [4.69, 9.17) is 5.11 Å². The van der Waals surface area contributed by atoms with Crippen LogP contribution in [0.15, 0.2) is 0 Å². The van der Waals surface area contributed by atoms with Gasteiger partial charge in [-0.3, -0.25) is 4.79 Å². The summed E-state index contributed by atoms with van der Waals surface area (Å²) in [6.07, 6.45) is 2.10. The van der Waals surface area contributed by atoms with Crippen molar-refractivity contribution in [3.05, 3.63) is 0 Å². The molecule has 0 unspecified atom stereocenters. The number of esters is 1. The zero-order chi connectivity index (χ0) is 11.3. The van der Waals surface area contributed by atoms with Crippen LogP contribution in [0.1, 0.15) is 25.7 Å². The van der Waals surface area contributed by atoms with E-state index in [1.165, 1.54) is 12.0 Å². The molecule has 1 fully saturated rings. The Morgan fingerprint density at radius 3 is 2.47 bits per heavy atom. The van der Waals surface area contributed by atoms with Crippen LogP contribution in [0.2, 0.25) is 0 Å². The van der Waals surface area contributed by atoms with Crippen molar-refractivity contribution in [1.29, 1.82) is 0 Å². The number of carboxylic acid groups (broad SMARTS) is 1. The first-order chi connectivity index (χ1) is 7.13. The Morgan fingerprint density at radius 2 is 2.00 bits per heavy atom. The quantitative estimate of drug-likeness (QED) is 0.721. The average molecular weight is 215 g/mol. The van der Waals surface area contributed by atoms with E-state index < -0.39 is 6.09 Å². The van der Waals surface area contributed by atoms with E-state index in [1.54, 1.807) is 0 Å². The van der Waals surface area contributed by atoms with Gasteiger partial charge in [0, 0.05) is 19.5 Å². The molecule has 0 bridgehead atoms. The number of hydrogen-bond donors (Lipinski definition) is 1. The van der Waals surface area contributed by atoms with Crippen LogP contribution in [-0.2, 0) is 9.53 Å². The van der Waals surface area contributed by atoms with Crippen LogP contribution in [0.25, 0.3) is 0 Å². The molecule has 0 atom stereocenters. The number of rotatable bonds is 3. The van der Waals surface area contributed by atoms with Crippen molar-refractivity contribution in [3.8, 4) is 0 Å². The van der Waals surface area contributed by atoms with Gasteiger partial charge in [-0.25, -0.2) is 4.79 Å². The maximum Gasteiger partial charge on any atom is 0.407 e. The maximum absolute atomic E-state index is 10.9. The Labute approximate surface area is 89.0 Å². The molecule has 5 nitrogen and oxygen atoms in total. The van der Waals surface area contributed by atoms with Crippen molar-refractivity contribution in [2.75, 3.05) is 20.2 Å². The Morgan fingerprint density at radius 1 is 1.40 bits per heavy atom. The molecule has 0 saturated carbocycles. The third-order valence-electron chi connectivity index (χ3n) is 2.87. The molecule has 1 heterocycles. The molecule has 0 spiro atoms. The molecule has 0 aliphatic carbocycles. The second-order valence-corrected chi connectivity index (χ2v) is 3.83. The van der Waals surface area contributed by atoms with E-state index in [0.29, 0.717) is 25.4 Å². The van der Waals surface area contributed by atoms with Crippen molar-refractivity contribution in [3.63, 3.8) is 0 Å². The number of hydrogen-bond acceptors (Lipinski definition) is 3. The van der Waals surface area contributed by atoms with Gasteiger partial charge < -0.3 is 14.7 Å². The topological polar surface area (TPSA) is 66.8 Å². The highest BCUT2D eigenvalue weighted by Crippen LogP contribution is 2.21. The molecule has 1 rings (SSSR count). The summed E-state index contributed by atoms with van der Waals surface area (Å²) in [4.78, 5) is 23.0. The molecule has 86 valence electrons. The number of likely N-dealkylation sites (tertiary alicyclic amines) is 1. The summed E-state index contributed by atoms with van der Waals surface area (Å²) < 4.78 is 4.56. The lowest BCUT2D eigenvalue weighted by Gasteiger charge is -2.29. The molecule has 0 aromatic rings. The molecule has 0 aromatic carbocycles. The number of piperidine rings is 1. The lowest BCUT2D eigenvalue weighted by molar-refractivity contribution is -0.141. The van der Waals surface area contributed by atoms with Crippen LogP contribution < -0.4 is 0 Å². The van der Waals surface area contributed by atoms with Gasteiger partial charge in [0.05, 0.1) is 7.11 Å². The lowest BCUT2D eigenvalue weighted by Crippen LogP contribution is -2.37. The number of ether oxygens (including phenoxy) is 1. The van der Waals surface area contributed by atoms with Gasteiger partial charge in [0.25, 0.3) is 0 Å². The van der Waals surface area contributed by atoms with E-state index in [0.717, 1.165) is 19.3 Å². The Balaban J connectivity index is 2.20. The lowest BCUT2D eigenvalue weighted by atomic mass is 9.92. The van der Waals surface area contributed by atoms with Gasteiger partial charge in [-0.1, -0.05) is 0 Å². The third kappa shape index (κ3) is 3.77. The summed E-state index contributed by atoms with van der Waals surface area (Å²) in [5.74, 6) is 0.273. The average Bonchev–Trinajstić information content (AvgIpc) is 2.26. The SMILES string of the molecule is COC(=O)CCC1CCN(C(=O)O)CC1. The van der Waals surface area contributed by atoms with Crippen LogP contribution in [-0.4, -0.2) is 42.3 Å². The fraction of sp³-hybridized carbons (Fsp3) is 0.800. The standard InChI is InChI=1S/C10H17NO4/c1-15-9(12)3-2-8-4-6-11(7-5-8)10(13)14/h8H,2-7H2,1H3,(H,13,14). The predicted molar refractivity (Wildman–Crippen MR) is 53.6 cm³/mol. The number of carbonyl (C=O) groups excluding carboxylic acids is 1. The van der Waals surface area contributed by atoms with Crippen molar-refractivity contribution in [2.45, 2.75) is 25.7 Å². The molecular formula is C10H17NO4. The highest BCUT2D eigenvalue weighted by molar-refractivity contribution is 5.69. The minimum absolute atomic E-state index is 0.185. The van der Waals surface area contributed by atoms with E-state index >= 15 is 0 Å². The Bertz CT molecular complexity index is 234. The van der Waals surface area contributed by atoms with E-state index in [-0.39, 0.29) is 5.97 Å². The normalized spacial score (nSPS) is 17.5. The van der Waals surface area contributed by atoms with Gasteiger partial charge in [-0.05, 0) is 25.2 Å². The summed E-state index contributed by atoms with van der Waals surface area (Å²) in [5, 5.41) is 8.73. The fourth-order valence-electron chi connectivity index (χ4n) is 1.84. The highest BCUT2D eigenvalue weighted by Gasteiger charge is 2.22. The van der Waals surface area contributed by atoms with E-state index in [9.17, 15) is 9.59 Å². The van der Waals surface area contributed by atoms with Crippen LogP contribution in [0.5, 0.6) is 0 Å². The van der Waals surface area contributed by atoms with Crippen LogP contribution >= 0.6 is 0 Å². The summed E-state index contributed by atoms with van der Waals surface area (Å²) in [7, 11) is 1.38. The second kappa shape index (κ2) is 5.58. The van der Waals surface area contributed by atoms with Crippen molar-refractivity contribution < 1.29 is 19.4 Å². The first-order valence-corrected chi connectivity index (χ1v) is 5.18. The molecule has 15 heavy (non-hydrogen) atoms. The molecule has 0 aromatic heterocycles. The third-order valence-corrected chi connectivity index (χ3v) is 2.87. The largest absolute Gasteiger partial charge is 0.469 e. The summed E-state index contributed by atoms with van der Waals surface area (Å²) >= 11 is 0. The minimum atomic E-state index is -0.846. The smallest absolute Gasteiger partial charge is 0.407 e. The Kier molecular flexibility index (Phi) is 4.39. The summed E-state index contributed by atoms with van der Waals surface area (Å²) in [6, 6.07) is 0. The first-order valence-electron chi connectivity index (χ1n) is 5.18. The molecule has 1 amide bonds. The fourth-order valence-corrected chi connectivity index (χ4v) is 1.84. The van der Waals surface area contributed by atoms with Gasteiger partial charge >= 0.3 is 12.1 Å². The molecule has 1 aliphatic rings. The monoisotopic (exact) mass is 215 g/mol. The molecule has 1 saturated heterocycles. The van der Waals surface area contributed by atoms with Crippen LogP contribution in [0.3, 0.4) is 0 Å². The molecule has 5 heteroatoms. The zero-order valence-corrected chi connectivity index (χ0v) is 8.94. The maximum atomic E-state index is 10.9. The van der Waals surface area contributed by atoms with Crippen molar-refractivity contribution in [2.24, 2.45) is 5.92 Å². The number of nitrogens with zero attached hydrogens (tertiary/aromatic N) is 1. The van der Waals surface area contributed by atoms with Crippen molar-refractivity contribution in [1.82, 2.24) is 4.90 Å². The second-order valence-electron chi connectivity index (χ2n) is 3.83. The first kappa shape index (κ1) is 11.8. The van der Waals surface area contributed by atoms with Gasteiger partial charge in [0.2, 0.25) is 0 Å². The Hall–Kier alpha value is -1.26. The number of carbonyl (C=O) groups is 2. The zero-order valence-electron chi connectivity index (χ0n) is 8.94. The van der Waals surface area contributed by atoms with Gasteiger partial charge in [-0.2, -0.15) is 0 Å². The van der Waals surface area contributed by atoms with E-state index in [1.807, 2.05) is 0 Å². The van der Waals surface area contributed by atoms with Gasteiger partial charge in [0.15, 0.2) is 0 Å². The molecule has 1 aliphatic heterocycles. The minimum Gasteiger partial charge on any atom is -0.469 e. The molecule has 0 radical (unpaired) electrons. The number of methoxy groups -OCH3 is 1. The highest BCUT2D eigenvalue weighted by atomic mass is 16.5. The summed E-state index contributed by atoms with van der Waals surface area (Å²) in [6.45, 7) is 1.17.